The highest BCUT2D eigenvalue weighted by atomic mass is 35.5. The van der Waals surface area contributed by atoms with Crippen LogP contribution in [0.5, 0.6) is 0 Å². The van der Waals surface area contributed by atoms with E-state index in [-0.39, 0.29) is 18.5 Å². The number of nitrogens with zero attached hydrogens (tertiary/aromatic N) is 3. The zero-order valence-corrected chi connectivity index (χ0v) is 14.3. The van der Waals surface area contributed by atoms with E-state index < -0.39 is 10.2 Å². The highest BCUT2D eigenvalue weighted by Crippen LogP contribution is 2.35. The molecule has 0 bridgehead atoms. The van der Waals surface area contributed by atoms with Crippen LogP contribution in [0.4, 0.5) is 0 Å². The third kappa shape index (κ3) is 3.61. The molecule has 1 heterocycles. The molecule has 1 aliphatic heterocycles. The SMILES string of the molecule is C[C@H](C#N)CN(C)S(=O)(=O)N1CCC[C@@H]1c1cccc(Cl)c1. The Balaban J connectivity index is 2.24. The molecular formula is C15H20ClN3O2S. The second kappa shape index (κ2) is 6.97. The van der Waals surface area contributed by atoms with Gasteiger partial charge in [0.1, 0.15) is 0 Å². The first-order valence-electron chi connectivity index (χ1n) is 7.24. The summed E-state index contributed by atoms with van der Waals surface area (Å²) in [5, 5.41) is 9.48. The highest BCUT2D eigenvalue weighted by molar-refractivity contribution is 7.86. The summed E-state index contributed by atoms with van der Waals surface area (Å²) in [5.74, 6) is -0.341. The Hall–Kier alpha value is -1.13. The van der Waals surface area contributed by atoms with Crippen LogP contribution >= 0.6 is 11.6 Å². The van der Waals surface area contributed by atoms with Gasteiger partial charge in [-0.05, 0) is 37.5 Å². The van der Waals surface area contributed by atoms with E-state index in [9.17, 15) is 8.42 Å². The van der Waals surface area contributed by atoms with Gasteiger partial charge in [-0.3, -0.25) is 0 Å². The fourth-order valence-electron chi connectivity index (χ4n) is 2.76. The molecule has 2 rings (SSSR count). The second-order valence-corrected chi connectivity index (χ2v) is 8.07. The molecule has 1 aliphatic rings. The van der Waals surface area contributed by atoms with Crippen LogP contribution in [-0.4, -0.2) is 37.2 Å². The molecule has 22 heavy (non-hydrogen) atoms. The number of rotatable bonds is 5. The zero-order chi connectivity index (χ0) is 16.3. The summed E-state index contributed by atoms with van der Waals surface area (Å²) in [6.45, 7) is 2.40. The number of halogens is 1. The van der Waals surface area contributed by atoms with E-state index >= 15 is 0 Å². The molecule has 0 saturated carbocycles. The number of hydrogen-bond acceptors (Lipinski definition) is 3. The Morgan fingerprint density at radius 1 is 1.55 bits per heavy atom. The van der Waals surface area contributed by atoms with Crippen LogP contribution in [0.3, 0.4) is 0 Å². The van der Waals surface area contributed by atoms with Crippen molar-refractivity contribution in [1.29, 1.82) is 5.26 Å². The van der Waals surface area contributed by atoms with Crippen LogP contribution in [0, 0.1) is 17.2 Å². The minimum absolute atomic E-state index is 0.191. The zero-order valence-electron chi connectivity index (χ0n) is 12.7. The average Bonchev–Trinajstić information content (AvgIpc) is 2.97. The van der Waals surface area contributed by atoms with Crippen LogP contribution in [0.1, 0.15) is 31.4 Å². The van der Waals surface area contributed by atoms with Crippen molar-refractivity contribution in [3.8, 4) is 6.07 Å². The van der Waals surface area contributed by atoms with E-state index in [0.717, 1.165) is 18.4 Å². The quantitative estimate of drug-likeness (QED) is 0.827. The van der Waals surface area contributed by atoms with Gasteiger partial charge >= 0.3 is 0 Å². The van der Waals surface area contributed by atoms with Gasteiger partial charge in [0.15, 0.2) is 0 Å². The third-order valence-corrected chi connectivity index (χ3v) is 6.08. The number of nitriles is 1. The van der Waals surface area contributed by atoms with Gasteiger partial charge in [0.2, 0.25) is 0 Å². The van der Waals surface area contributed by atoms with Crippen molar-refractivity contribution in [2.75, 3.05) is 20.1 Å². The largest absolute Gasteiger partial charge is 0.282 e. The Bertz CT molecular complexity index is 672. The molecule has 0 radical (unpaired) electrons. The molecule has 5 nitrogen and oxygen atoms in total. The minimum Gasteiger partial charge on any atom is -0.198 e. The Morgan fingerprint density at radius 2 is 2.27 bits per heavy atom. The van der Waals surface area contributed by atoms with E-state index in [0.29, 0.717) is 11.6 Å². The highest BCUT2D eigenvalue weighted by Gasteiger charge is 2.37. The molecule has 1 fully saturated rings. The first-order chi connectivity index (χ1) is 10.4. The summed E-state index contributed by atoms with van der Waals surface area (Å²) in [6.07, 6.45) is 1.60. The van der Waals surface area contributed by atoms with Gasteiger partial charge in [0.05, 0.1) is 18.0 Å². The third-order valence-electron chi connectivity index (χ3n) is 3.88. The summed E-state index contributed by atoms with van der Waals surface area (Å²) < 4.78 is 28.3. The van der Waals surface area contributed by atoms with Gasteiger partial charge in [-0.15, -0.1) is 0 Å². The molecule has 7 heteroatoms. The van der Waals surface area contributed by atoms with E-state index in [4.69, 9.17) is 16.9 Å². The first-order valence-corrected chi connectivity index (χ1v) is 9.02. The molecule has 1 aromatic carbocycles. The van der Waals surface area contributed by atoms with Gasteiger partial charge in [-0.25, -0.2) is 0 Å². The molecule has 0 aromatic heterocycles. The van der Waals surface area contributed by atoms with Crippen molar-refractivity contribution in [2.24, 2.45) is 5.92 Å². The standard InChI is InChI=1S/C15H20ClN3O2S/c1-12(10-17)11-18(2)22(20,21)19-8-4-7-15(19)13-5-3-6-14(16)9-13/h3,5-6,9,12,15H,4,7-8,11H2,1-2H3/t12-,15-/m1/s1. The molecule has 0 N–H and O–H groups in total. The van der Waals surface area contributed by atoms with Crippen molar-refractivity contribution in [3.63, 3.8) is 0 Å². The molecule has 0 unspecified atom stereocenters. The lowest BCUT2D eigenvalue weighted by Gasteiger charge is -2.29. The summed E-state index contributed by atoms with van der Waals surface area (Å²) in [4.78, 5) is 0. The van der Waals surface area contributed by atoms with Crippen molar-refractivity contribution >= 4 is 21.8 Å². The maximum Gasteiger partial charge on any atom is 0.282 e. The van der Waals surface area contributed by atoms with Gasteiger partial charge in [-0.1, -0.05) is 23.7 Å². The number of benzene rings is 1. The maximum absolute atomic E-state index is 12.8. The van der Waals surface area contributed by atoms with E-state index in [1.54, 1.807) is 13.0 Å². The van der Waals surface area contributed by atoms with Crippen molar-refractivity contribution in [3.05, 3.63) is 34.9 Å². The summed E-state index contributed by atoms with van der Waals surface area (Å²) in [5.41, 5.74) is 0.912. The van der Waals surface area contributed by atoms with Crippen molar-refractivity contribution < 1.29 is 8.42 Å². The minimum atomic E-state index is -3.58. The van der Waals surface area contributed by atoms with E-state index in [1.165, 1.54) is 15.7 Å². The second-order valence-electron chi connectivity index (χ2n) is 5.64. The molecule has 0 amide bonds. The van der Waals surface area contributed by atoms with Gasteiger partial charge < -0.3 is 0 Å². The molecule has 1 saturated heterocycles. The molecule has 0 aliphatic carbocycles. The Kier molecular flexibility index (Phi) is 5.45. The summed E-state index contributed by atoms with van der Waals surface area (Å²) in [7, 11) is -2.06. The summed E-state index contributed by atoms with van der Waals surface area (Å²) in [6, 6.07) is 9.21. The number of hydrogen-bond donors (Lipinski definition) is 0. The molecule has 2 atom stereocenters. The normalized spacial score (nSPS) is 21.0. The summed E-state index contributed by atoms with van der Waals surface area (Å²) >= 11 is 6.02. The predicted octanol–water partition coefficient (Wildman–Crippen LogP) is 2.81. The average molecular weight is 342 g/mol. The van der Waals surface area contributed by atoms with E-state index in [2.05, 4.69) is 6.07 Å². The van der Waals surface area contributed by atoms with Gasteiger partial charge in [0.25, 0.3) is 10.2 Å². The predicted molar refractivity (Wildman–Crippen MR) is 86.5 cm³/mol. The van der Waals surface area contributed by atoms with Crippen LogP contribution in [-0.2, 0) is 10.2 Å². The Labute approximate surface area is 137 Å². The monoisotopic (exact) mass is 341 g/mol. The fourth-order valence-corrected chi connectivity index (χ4v) is 4.64. The van der Waals surface area contributed by atoms with Gasteiger partial charge in [-0.2, -0.15) is 22.3 Å². The molecule has 120 valence electrons. The van der Waals surface area contributed by atoms with E-state index in [1.807, 2.05) is 18.2 Å². The van der Waals surface area contributed by atoms with Crippen molar-refractivity contribution in [2.45, 2.75) is 25.8 Å². The molecule has 0 spiro atoms. The molecule has 1 aromatic rings. The Morgan fingerprint density at radius 3 is 2.91 bits per heavy atom. The maximum atomic E-state index is 12.8. The van der Waals surface area contributed by atoms with Crippen molar-refractivity contribution in [1.82, 2.24) is 8.61 Å². The van der Waals surface area contributed by atoms with Crippen LogP contribution in [0.25, 0.3) is 0 Å². The lowest BCUT2D eigenvalue weighted by molar-refractivity contribution is 0.339. The van der Waals surface area contributed by atoms with Crippen LogP contribution in [0.2, 0.25) is 5.02 Å². The smallest absolute Gasteiger partial charge is 0.198 e. The first kappa shape index (κ1) is 17.2. The molecular weight excluding hydrogens is 322 g/mol. The topological polar surface area (TPSA) is 64.4 Å². The lowest BCUT2D eigenvalue weighted by atomic mass is 10.1. The lowest BCUT2D eigenvalue weighted by Crippen LogP contribution is -2.43. The van der Waals surface area contributed by atoms with Gasteiger partial charge in [0, 0.05) is 25.2 Å². The van der Waals surface area contributed by atoms with Crippen LogP contribution in [0.15, 0.2) is 24.3 Å². The van der Waals surface area contributed by atoms with Crippen LogP contribution < -0.4 is 0 Å². The fraction of sp³-hybridized carbons (Fsp3) is 0.533.